The van der Waals surface area contributed by atoms with Crippen LogP contribution in [0.2, 0.25) is 0 Å². The van der Waals surface area contributed by atoms with E-state index in [0.717, 1.165) is 11.8 Å². The molecule has 2 atom stereocenters. The molecule has 1 N–H and O–H groups in total. The summed E-state index contributed by atoms with van der Waals surface area (Å²) in [5.74, 6) is 0. The average molecular weight is 235 g/mol. The van der Waals surface area contributed by atoms with Crippen LogP contribution in [-0.4, -0.2) is 11.8 Å². The SMILES string of the molecule is CC1CNC(c2csc3ccccc23)S1. The number of hydrogen-bond donors (Lipinski definition) is 1. The van der Waals surface area contributed by atoms with Gasteiger partial charge in [0.25, 0.3) is 0 Å². The van der Waals surface area contributed by atoms with Crippen LogP contribution in [0, 0.1) is 0 Å². The van der Waals surface area contributed by atoms with Crippen LogP contribution in [0.25, 0.3) is 10.1 Å². The summed E-state index contributed by atoms with van der Waals surface area (Å²) in [5, 5.41) is 8.51. The Morgan fingerprint density at radius 3 is 3.00 bits per heavy atom. The van der Waals surface area contributed by atoms with Crippen LogP contribution < -0.4 is 5.32 Å². The Bertz CT molecular complexity index is 477. The van der Waals surface area contributed by atoms with E-state index in [2.05, 4.69) is 41.9 Å². The van der Waals surface area contributed by atoms with Gasteiger partial charge in [-0.25, -0.2) is 0 Å². The van der Waals surface area contributed by atoms with E-state index >= 15 is 0 Å². The lowest BCUT2D eigenvalue weighted by atomic mass is 10.2. The van der Waals surface area contributed by atoms with Crippen molar-refractivity contribution in [1.82, 2.24) is 5.32 Å². The van der Waals surface area contributed by atoms with E-state index in [0.29, 0.717) is 5.37 Å². The molecule has 3 rings (SSSR count). The zero-order chi connectivity index (χ0) is 10.3. The van der Waals surface area contributed by atoms with E-state index in [-0.39, 0.29) is 0 Å². The lowest BCUT2D eigenvalue weighted by Crippen LogP contribution is -2.13. The monoisotopic (exact) mass is 235 g/mol. The van der Waals surface area contributed by atoms with Crippen LogP contribution in [0.3, 0.4) is 0 Å². The highest BCUT2D eigenvalue weighted by Gasteiger charge is 2.24. The molecule has 2 aromatic rings. The van der Waals surface area contributed by atoms with Gasteiger partial charge in [0.2, 0.25) is 0 Å². The minimum Gasteiger partial charge on any atom is -0.300 e. The third-order valence-corrected chi connectivity index (χ3v) is 5.06. The highest BCUT2D eigenvalue weighted by atomic mass is 32.2. The molecule has 2 heterocycles. The van der Waals surface area contributed by atoms with Gasteiger partial charge >= 0.3 is 0 Å². The van der Waals surface area contributed by atoms with Crippen molar-refractivity contribution < 1.29 is 0 Å². The first-order valence-corrected chi connectivity index (χ1v) is 7.02. The summed E-state index contributed by atoms with van der Waals surface area (Å²) in [6.07, 6.45) is 0. The van der Waals surface area contributed by atoms with Crippen LogP contribution in [0.4, 0.5) is 0 Å². The van der Waals surface area contributed by atoms with Gasteiger partial charge in [-0.05, 0) is 22.4 Å². The summed E-state index contributed by atoms with van der Waals surface area (Å²) in [6, 6.07) is 8.67. The van der Waals surface area contributed by atoms with Crippen molar-refractivity contribution in [3.05, 3.63) is 35.2 Å². The van der Waals surface area contributed by atoms with Crippen molar-refractivity contribution in [3.8, 4) is 0 Å². The molecule has 15 heavy (non-hydrogen) atoms. The van der Waals surface area contributed by atoms with Crippen molar-refractivity contribution in [2.45, 2.75) is 17.5 Å². The molecule has 78 valence electrons. The molecule has 0 saturated carbocycles. The lowest BCUT2D eigenvalue weighted by molar-refractivity contribution is 0.722. The minimum atomic E-state index is 0.496. The molecule has 0 radical (unpaired) electrons. The molecule has 0 bridgehead atoms. The third kappa shape index (κ3) is 1.69. The first-order chi connectivity index (χ1) is 7.34. The molecule has 1 fully saturated rings. The predicted molar refractivity (Wildman–Crippen MR) is 69.6 cm³/mol. The van der Waals surface area contributed by atoms with Gasteiger partial charge in [0, 0.05) is 16.5 Å². The highest BCUT2D eigenvalue weighted by Crippen LogP contribution is 2.40. The predicted octanol–water partition coefficient (Wildman–Crippen LogP) is 3.62. The molecule has 1 aliphatic rings. The maximum Gasteiger partial charge on any atom is 0.0807 e. The largest absolute Gasteiger partial charge is 0.300 e. The molecule has 2 unspecified atom stereocenters. The summed E-state index contributed by atoms with van der Waals surface area (Å²) in [5.41, 5.74) is 1.46. The molecule has 1 aromatic carbocycles. The number of hydrogen-bond acceptors (Lipinski definition) is 3. The third-order valence-electron chi connectivity index (χ3n) is 2.75. The van der Waals surface area contributed by atoms with Crippen LogP contribution in [0.15, 0.2) is 29.6 Å². The number of benzene rings is 1. The van der Waals surface area contributed by atoms with Gasteiger partial charge in [-0.1, -0.05) is 25.1 Å². The fraction of sp³-hybridized carbons (Fsp3) is 0.333. The van der Waals surface area contributed by atoms with E-state index in [1.54, 1.807) is 0 Å². The standard InChI is InChI=1S/C12H13NS2/c1-8-6-13-12(15-8)10-7-14-11-5-3-2-4-9(10)11/h2-5,7-8,12-13H,6H2,1H3. The molecular weight excluding hydrogens is 222 g/mol. The van der Waals surface area contributed by atoms with Gasteiger partial charge in [0.05, 0.1) is 5.37 Å². The van der Waals surface area contributed by atoms with E-state index in [1.807, 2.05) is 23.1 Å². The van der Waals surface area contributed by atoms with Crippen LogP contribution in [0.5, 0.6) is 0 Å². The van der Waals surface area contributed by atoms with Gasteiger partial charge in [-0.2, -0.15) is 0 Å². The van der Waals surface area contributed by atoms with Gasteiger partial charge in [-0.15, -0.1) is 23.1 Å². The van der Waals surface area contributed by atoms with Gasteiger partial charge < -0.3 is 5.32 Å². The summed E-state index contributed by atoms with van der Waals surface area (Å²) in [4.78, 5) is 0. The first-order valence-electron chi connectivity index (χ1n) is 5.19. The zero-order valence-electron chi connectivity index (χ0n) is 8.57. The number of thiophene rings is 1. The molecule has 0 amide bonds. The average Bonchev–Trinajstić information content (AvgIpc) is 2.83. The Hall–Kier alpha value is -0.510. The quantitative estimate of drug-likeness (QED) is 0.810. The smallest absolute Gasteiger partial charge is 0.0807 e. The normalized spacial score (nSPS) is 26.2. The first kappa shape index (κ1) is 9.70. The summed E-state index contributed by atoms with van der Waals surface area (Å²) in [7, 11) is 0. The summed E-state index contributed by atoms with van der Waals surface area (Å²) in [6.45, 7) is 3.41. The Morgan fingerprint density at radius 1 is 1.33 bits per heavy atom. The van der Waals surface area contributed by atoms with Crippen molar-refractivity contribution in [3.63, 3.8) is 0 Å². The van der Waals surface area contributed by atoms with E-state index < -0.39 is 0 Å². The molecule has 1 aliphatic heterocycles. The maximum atomic E-state index is 3.57. The second-order valence-electron chi connectivity index (χ2n) is 3.92. The summed E-state index contributed by atoms with van der Waals surface area (Å²) < 4.78 is 1.40. The Balaban J connectivity index is 2.04. The highest BCUT2D eigenvalue weighted by molar-refractivity contribution is 8.00. The zero-order valence-corrected chi connectivity index (χ0v) is 10.2. The van der Waals surface area contributed by atoms with E-state index in [9.17, 15) is 0 Å². The molecule has 0 aliphatic carbocycles. The Labute approximate surface area is 97.9 Å². The number of rotatable bonds is 1. The van der Waals surface area contributed by atoms with Gasteiger partial charge in [0.1, 0.15) is 0 Å². The van der Waals surface area contributed by atoms with E-state index in [4.69, 9.17) is 0 Å². The van der Waals surface area contributed by atoms with Crippen LogP contribution in [-0.2, 0) is 0 Å². The van der Waals surface area contributed by atoms with Crippen molar-refractivity contribution >= 4 is 33.2 Å². The Morgan fingerprint density at radius 2 is 2.20 bits per heavy atom. The molecular formula is C12H13NS2. The molecule has 3 heteroatoms. The van der Waals surface area contributed by atoms with Crippen LogP contribution in [0.1, 0.15) is 17.9 Å². The fourth-order valence-corrected chi connectivity index (χ4v) is 4.25. The molecule has 1 aromatic heterocycles. The van der Waals surface area contributed by atoms with E-state index in [1.165, 1.54) is 15.6 Å². The minimum absolute atomic E-state index is 0.496. The lowest BCUT2D eigenvalue weighted by Gasteiger charge is -2.08. The molecule has 1 nitrogen and oxygen atoms in total. The number of nitrogens with one attached hydrogen (secondary N) is 1. The maximum absolute atomic E-state index is 3.57. The van der Waals surface area contributed by atoms with Crippen molar-refractivity contribution in [2.75, 3.05) is 6.54 Å². The second kappa shape index (κ2) is 3.81. The van der Waals surface area contributed by atoms with Gasteiger partial charge in [-0.3, -0.25) is 0 Å². The van der Waals surface area contributed by atoms with Gasteiger partial charge in [0.15, 0.2) is 0 Å². The number of thioether (sulfide) groups is 1. The van der Waals surface area contributed by atoms with Crippen molar-refractivity contribution in [1.29, 1.82) is 0 Å². The second-order valence-corrected chi connectivity index (χ2v) is 6.38. The number of fused-ring (bicyclic) bond motifs is 1. The fourth-order valence-electron chi connectivity index (χ4n) is 1.99. The Kier molecular flexibility index (Phi) is 2.47. The topological polar surface area (TPSA) is 12.0 Å². The summed E-state index contributed by atoms with van der Waals surface area (Å²) >= 11 is 3.88. The molecule has 1 saturated heterocycles. The van der Waals surface area contributed by atoms with Crippen LogP contribution >= 0.6 is 23.1 Å². The molecule has 0 spiro atoms. The van der Waals surface area contributed by atoms with Crippen molar-refractivity contribution in [2.24, 2.45) is 0 Å².